The van der Waals surface area contributed by atoms with Crippen LogP contribution in [-0.2, 0) is 18.9 Å². The van der Waals surface area contributed by atoms with Crippen molar-refractivity contribution < 1.29 is 14.4 Å². The Hall–Kier alpha value is -3.07. The topological polar surface area (TPSA) is 92.3 Å². The van der Waals surface area contributed by atoms with Crippen LogP contribution in [0.2, 0.25) is 0 Å². The summed E-state index contributed by atoms with van der Waals surface area (Å²) >= 11 is 1.53. The molecule has 1 heterocycles. The fourth-order valence-corrected chi connectivity index (χ4v) is 3.83. The molecule has 0 N–H and O–H groups in total. The molecular weight excluding hydrogens is 404 g/mol. The van der Waals surface area contributed by atoms with Crippen molar-refractivity contribution in [1.82, 2.24) is 14.8 Å². The highest BCUT2D eigenvalue weighted by molar-refractivity contribution is 7.98. The van der Waals surface area contributed by atoms with Gasteiger partial charge in [0.25, 0.3) is 5.69 Å². The molecule has 158 valence electrons. The molecule has 30 heavy (non-hydrogen) atoms. The van der Waals surface area contributed by atoms with Crippen molar-refractivity contribution in [1.29, 1.82) is 0 Å². The predicted octanol–water partition coefficient (Wildman–Crippen LogP) is 4.78. The SMILES string of the molecule is CCOc1cc(C)ccc1OCc1nnc(SCc2ccc([N+](=O)[O-])cc2)n1CC. The molecule has 0 unspecified atom stereocenters. The summed E-state index contributed by atoms with van der Waals surface area (Å²) < 4.78 is 13.6. The summed E-state index contributed by atoms with van der Waals surface area (Å²) in [6, 6.07) is 12.4. The average molecular weight is 429 g/mol. The minimum atomic E-state index is -0.401. The smallest absolute Gasteiger partial charge is 0.269 e. The Morgan fingerprint density at radius 1 is 1.07 bits per heavy atom. The highest BCUT2D eigenvalue weighted by Crippen LogP contribution is 2.29. The first-order chi connectivity index (χ1) is 14.5. The number of nitro benzene ring substituents is 1. The molecule has 2 aromatic carbocycles. The first-order valence-corrected chi connectivity index (χ1v) is 10.6. The van der Waals surface area contributed by atoms with Gasteiger partial charge in [-0.15, -0.1) is 10.2 Å². The molecule has 0 saturated heterocycles. The first kappa shape index (κ1) is 21.6. The van der Waals surface area contributed by atoms with E-state index in [0.717, 1.165) is 22.1 Å². The van der Waals surface area contributed by atoms with Crippen LogP contribution in [0.5, 0.6) is 11.5 Å². The molecule has 0 aliphatic heterocycles. The quantitative estimate of drug-likeness (QED) is 0.260. The third kappa shape index (κ3) is 5.29. The zero-order chi connectivity index (χ0) is 21.5. The molecule has 8 nitrogen and oxygen atoms in total. The summed E-state index contributed by atoms with van der Waals surface area (Å²) in [5, 5.41) is 20.1. The number of ether oxygens (including phenoxy) is 2. The molecule has 0 spiro atoms. The molecule has 0 aliphatic rings. The number of hydrogen-bond acceptors (Lipinski definition) is 7. The summed E-state index contributed by atoms with van der Waals surface area (Å²) in [5.74, 6) is 2.76. The van der Waals surface area contributed by atoms with Crippen LogP contribution in [0.4, 0.5) is 5.69 Å². The Balaban J connectivity index is 1.66. The maximum Gasteiger partial charge on any atom is 0.269 e. The number of rotatable bonds is 10. The van der Waals surface area contributed by atoms with Crippen molar-refractivity contribution in [2.45, 2.75) is 44.8 Å². The zero-order valence-electron chi connectivity index (χ0n) is 17.2. The first-order valence-electron chi connectivity index (χ1n) is 9.66. The minimum absolute atomic E-state index is 0.0856. The summed E-state index contributed by atoms with van der Waals surface area (Å²) in [6.07, 6.45) is 0. The Morgan fingerprint density at radius 3 is 2.50 bits per heavy atom. The lowest BCUT2D eigenvalue weighted by atomic mass is 10.2. The molecule has 0 amide bonds. The van der Waals surface area contributed by atoms with Gasteiger partial charge in [-0.2, -0.15) is 0 Å². The number of nitro groups is 1. The Labute approximate surface area is 179 Å². The highest BCUT2D eigenvalue weighted by atomic mass is 32.2. The Bertz CT molecular complexity index is 1000. The normalized spacial score (nSPS) is 10.8. The van der Waals surface area contributed by atoms with E-state index in [1.54, 1.807) is 12.1 Å². The van der Waals surface area contributed by atoms with Gasteiger partial charge in [0, 0.05) is 24.4 Å². The van der Waals surface area contributed by atoms with Crippen molar-refractivity contribution in [2.75, 3.05) is 6.61 Å². The minimum Gasteiger partial charge on any atom is -0.490 e. The fraction of sp³-hybridized carbons (Fsp3) is 0.333. The summed E-state index contributed by atoms with van der Waals surface area (Å²) in [6.45, 7) is 7.53. The standard InChI is InChI=1S/C21H24N4O4S/c1-4-24-20(13-29-18-11-6-15(3)12-19(18)28-5-2)22-23-21(24)30-14-16-7-9-17(10-8-16)25(26)27/h6-12H,4-5,13-14H2,1-3H3. The number of aromatic nitrogens is 3. The third-order valence-corrected chi connectivity index (χ3v) is 5.42. The number of hydrogen-bond donors (Lipinski definition) is 0. The van der Waals surface area contributed by atoms with Crippen molar-refractivity contribution in [2.24, 2.45) is 0 Å². The van der Waals surface area contributed by atoms with Crippen LogP contribution < -0.4 is 9.47 Å². The Morgan fingerprint density at radius 2 is 1.83 bits per heavy atom. The van der Waals surface area contributed by atoms with Crippen LogP contribution in [0.3, 0.4) is 0 Å². The second-order valence-electron chi connectivity index (χ2n) is 6.53. The van der Waals surface area contributed by atoms with Crippen molar-refractivity contribution in [3.63, 3.8) is 0 Å². The van der Waals surface area contributed by atoms with E-state index in [9.17, 15) is 10.1 Å². The van der Waals surface area contributed by atoms with E-state index in [1.165, 1.54) is 23.9 Å². The lowest BCUT2D eigenvalue weighted by molar-refractivity contribution is -0.384. The average Bonchev–Trinajstić information content (AvgIpc) is 3.14. The summed E-state index contributed by atoms with van der Waals surface area (Å²) in [7, 11) is 0. The largest absolute Gasteiger partial charge is 0.490 e. The van der Waals surface area contributed by atoms with E-state index in [-0.39, 0.29) is 12.3 Å². The van der Waals surface area contributed by atoms with Crippen LogP contribution in [-0.4, -0.2) is 26.3 Å². The number of benzene rings is 2. The Kier molecular flexibility index (Phi) is 7.29. The van der Waals surface area contributed by atoms with Gasteiger partial charge in [-0.1, -0.05) is 30.0 Å². The molecule has 3 aromatic rings. The van der Waals surface area contributed by atoms with Gasteiger partial charge in [-0.25, -0.2) is 0 Å². The van der Waals surface area contributed by atoms with Crippen LogP contribution in [0.25, 0.3) is 0 Å². The fourth-order valence-electron chi connectivity index (χ4n) is 2.86. The molecule has 0 aliphatic carbocycles. The molecule has 0 fully saturated rings. The van der Waals surface area contributed by atoms with Crippen molar-refractivity contribution >= 4 is 17.4 Å². The van der Waals surface area contributed by atoms with E-state index >= 15 is 0 Å². The molecule has 0 radical (unpaired) electrons. The van der Waals surface area contributed by atoms with Gasteiger partial charge in [0.2, 0.25) is 0 Å². The van der Waals surface area contributed by atoms with Gasteiger partial charge in [-0.3, -0.25) is 10.1 Å². The third-order valence-electron chi connectivity index (χ3n) is 4.38. The molecule has 1 aromatic heterocycles. The van der Waals surface area contributed by atoms with Gasteiger partial charge in [0.1, 0.15) is 6.61 Å². The maximum atomic E-state index is 10.8. The summed E-state index contributed by atoms with van der Waals surface area (Å²) in [4.78, 5) is 10.4. The molecule has 0 saturated carbocycles. The molecule has 0 atom stereocenters. The molecular formula is C21H24N4O4S. The number of non-ortho nitro benzene ring substituents is 1. The lowest BCUT2D eigenvalue weighted by Crippen LogP contribution is -2.08. The van der Waals surface area contributed by atoms with Crippen molar-refractivity contribution in [3.05, 3.63) is 69.5 Å². The van der Waals surface area contributed by atoms with Crippen LogP contribution in [0.1, 0.15) is 30.8 Å². The van der Waals surface area contributed by atoms with E-state index < -0.39 is 4.92 Å². The van der Waals surface area contributed by atoms with Gasteiger partial charge in [-0.05, 0) is 44.0 Å². The van der Waals surface area contributed by atoms with Crippen LogP contribution in [0.15, 0.2) is 47.6 Å². The van der Waals surface area contributed by atoms with Gasteiger partial charge in [0.05, 0.1) is 11.5 Å². The van der Waals surface area contributed by atoms with E-state index in [0.29, 0.717) is 30.4 Å². The maximum absolute atomic E-state index is 10.8. The van der Waals surface area contributed by atoms with Crippen LogP contribution >= 0.6 is 11.8 Å². The van der Waals surface area contributed by atoms with E-state index in [2.05, 4.69) is 10.2 Å². The molecule has 0 bridgehead atoms. The summed E-state index contributed by atoms with van der Waals surface area (Å²) in [5.41, 5.74) is 2.17. The monoisotopic (exact) mass is 428 g/mol. The lowest BCUT2D eigenvalue weighted by Gasteiger charge is -2.13. The number of aryl methyl sites for hydroxylation is 1. The molecule has 3 rings (SSSR count). The predicted molar refractivity (Wildman–Crippen MR) is 115 cm³/mol. The second-order valence-corrected chi connectivity index (χ2v) is 7.47. The van der Waals surface area contributed by atoms with Crippen molar-refractivity contribution in [3.8, 4) is 11.5 Å². The second kappa shape index (κ2) is 10.1. The van der Waals surface area contributed by atoms with E-state index in [1.807, 2.05) is 43.5 Å². The van der Waals surface area contributed by atoms with Crippen LogP contribution in [0, 0.1) is 17.0 Å². The zero-order valence-corrected chi connectivity index (χ0v) is 18.0. The molecule has 9 heteroatoms. The van der Waals surface area contributed by atoms with Gasteiger partial charge >= 0.3 is 0 Å². The van der Waals surface area contributed by atoms with E-state index in [4.69, 9.17) is 9.47 Å². The number of nitrogens with zero attached hydrogens (tertiary/aromatic N) is 4. The number of thioether (sulfide) groups is 1. The van der Waals surface area contributed by atoms with Gasteiger partial charge in [0.15, 0.2) is 22.5 Å². The van der Waals surface area contributed by atoms with Gasteiger partial charge < -0.3 is 14.0 Å². The highest BCUT2D eigenvalue weighted by Gasteiger charge is 2.14.